The molecular formula is C27H29N3O2. The number of H-pyrrole nitrogens is 1. The van der Waals surface area contributed by atoms with Gasteiger partial charge in [0.25, 0.3) is 0 Å². The molecule has 5 heteroatoms. The van der Waals surface area contributed by atoms with E-state index in [1.807, 2.05) is 25.1 Å². The standard InChI is InChI=1S/C27H29N3O2/c1-19-6-10-25(23-9-11-26(31)29-27(19)23)32-17-16-30-14-12-20(13-15-30)18-22-8-7-21-4-2-3-5-24(21)28-22/h2-11,20H,12-18H2,1H3,(H,29,31). The van der Waals surface area contributed by atoms with Crippen LogP contribution in [0.1, 0.15) is 24.1 Å². The lowest BCUT2D eigenvalue weighted by atomic mass is 9.92. The second kappa shape index (κ2) is 9.13. The number of hydrogen-bond acceptors (Lipinski definition) is 4. The molecule has 3 heterocycles. The number of pyridine rings is 2. The predicted octanol–water partition coefficient (Wildman–Crippen LogP) is 4.72. The summed E-state index contributed by atoms with van der Waals surface area (Å²) in [4.78, 5) is 21.9. The van der Waals surface area contributed by atoms with Crippen molar-refractivity contribution >= 4 is 21.8 Å². The van der Waals surface area contributed by atoms with Gasteiger partial charge in [-0.3, -0.25) is 14.7 Å². The molecule has 2 aromatic heterocycles. The zero-order valence-electron chi connectivity index (χ0n) is 18.5. The first-order valence-corrected chi connectivity index (χ1v) is 11.5. The fourth-order valence-electron chi connectivity index (χ4n) is 4.71. The summed E-state index contributed by atoms with van der Waals surface area (Å²) in [6, 6.07) is 20.1. The summed E-state index contributed by atoms with van der Waals surface area (Å²) in [5, 5.41) is 2.17. The Morgan fingerprint density at radius 2 is 1.88 bits per heavy atom. The van der Waals surface area contributed by atoms with Gasteiger partial charge in [0.1, 0.15) is 12.4 Å². The van der Waals surface area contributed by atoms with E-state index in [2.05, 4.69) is 46.3 Å². The third-order valence-electron chi connectivity index (χ3n) is 6.59. The Labute approximate surface area is 188 Å². The molecule has 1 aliphatic rings. The summed E-state index contributed by atoms with van der Waals surface area (Å²) in [7, 11) is 0. The van der Waals surface area contributed by atoms with Gasteiger partial charge >= 0.3 is 0 Å². The highest BCUT2D eigenvalue weighted by molar-refractivity contribution is 5.87. The van der Waals surface area contributed by atoms with Crippen molar-refractivity contribution in [2.45, 2.75) is 26.2 Å². The van der Waals surface area contributed by atoms with Gasteiger partial charge in [-0.2, -0.15) is 0 Å². The van der Waals surface area contributed by atoms with Crippen LogP contribution in [0.15, 0.2) is 65.5 Å². The molecule has 0 amide bonds. The molecule has 5 nitrogen and oxygen atoms in total. The molecule has 0 aliphatic carbocycles. The number of aromatic nitrogens is 2. The third kappa shape index (κ3) is 4.53. The fraction of sp³-hybridized carbons (Fsp3) is 0.333. The van der Waals surface area contributed by atoms with Crippen molar-refractivity contribution in [3.63, 3.8) is 0 Å². The van der Waals surface area contributed by atoms with Crippen LogP contribution >= 0.6 is 0 Å². The van der Waals surface area contributed by atoms with Gasteiger partial charge in [0.05, 0.1) is 11.0 Å². The first-order valence-electron chi connectivity index (χ1n) is 11.5. The van der Waals surface area contributed by atoms with Gasteiger partial charge < -0.3 is 9.72 Å². The summed E-state index contributed by atoms with van der Waals surface area (Å²) in [6.07, 6.45) is 3.45. The van der Waals surface area contributed by atoms with Crippen LogP contribution in [-0.4, -0.2) is 41.1 Å². The van der Waals surface area contributed by atoms with Crippen LogP contribution < -0.4 is 10.3 Å². The number of para-hydroxylation sites is 1. The van der Waals surface area contributed by atoms with Gasteiger partial charge in [-0.1, -0.05) is 30.3 Å². The van der Waals surface area contributed by atoms with E-state index in [9.17, 15) is 4.79 Å². The maximum absolute atomic E-state index is 11.7. The molecule has 1 fully saturated rings. The van der Waals surface area contributed by atoms with Crippen molar-refractivity contribution in [3.05, 3.63) is 82.3 Å². The number of rotatable bonds is 6. The lowest BCUT2D eigenvalue weighted by Crippen LogP contribution is -2.37. The van der Waals surface area contributed by atoms with Crippen LogP contribution in [0, 0.1) is 12.8 Å². The zero-order valence-corrected chi connectivity index (χ0v) is 18.5. The van der Waals surface area contributed by atoms with E-state index < -0.39 is 0 Å². The summed E-state index contributed by atoms with van der Waals surface area (Å²) in [6.45, 7) is 5.76. The van der Waals surface area contributed by atoms with Crippen LogP contribution in [0.3, 0.4) is 0 Å². The van der Waals surface area contributed by atoms with E-state index in [0.29, 0.717) is 12.5 Å². The zero-order chi connectivity index (χ0) is 21.9. The van der Waals surface area contributed by atoms with Crippen LogP contribution in [0.2, 0.25) is 0 Å². The Bertz CT molecular complexity index is 1290. The second-order valence-corrected chi connectivity index (χ2v) is 8.82. The average molecular weight is 428 g/mol. The van der Waals surface area contributed by atoms with E-state index >= 15 is 0 Å². The van der Waals surface area contributed by atoms with Gasteiger partial charge in [-0.05, 0) is 75.0 Å². The number of fused-ring (bicyclic) bond motifs is 2. The molecule has 1 N–H and O–H groups in total. The molecule has 0 unspecified atom stereocenters. The normalized spacial score (nSPS) is 15.4. The number of hydrogen-bond donors (Lipinski definition) is 1. The molecule has 0 spiro atoms. The molecule has 1 aliphatic heterocycles. The number of aromatic amines is 1. The Hall–Kier alpha value is -3.18. The van der Waals surface area contributed by atoms with Gasteiger partial charge in [0.15, 0.2) is 0 Å². The lowest BCUT2D eigenvalue weighted by Gasteiger charge is -2.31. The molecule has 0 radical (unpaired) electrons. The first kappa shape index (κ1) is 20.7. The van der Waals surface area contributed by atoms with Gasteiger partial charge in [0.2, 0.25) is 5.56 Å². The van der Waals surface area contributed by atoms with Gasteiger partial charge in [-0.25, -0.2) is 0 Å². The van der Waals surface area contributed by atoms with Crippen molar-refractivity contribution in [1.29, 1.82) is 0 Å². The van der Waals surface area contributed by atoms with E-state index in [0.717, 1.165) is 53.8 Å². The average Bonchev–Trinajstić information content (AvgIpc) is 2.82. The second-order valence-electron chi connectivity index (χ2n) is 8.82. The highest BCUT2D eigenvalue weighted by Gasteiger charge is 2.20. The Morgan fingerprint density at radius 3 is 2.75 bits per heavy atom. The van der Waals surface area contributed by atoms with Crippen molar-refractivity contribution in [3.8, 4) is 5.75 Å². The number of likely N-dealkylation sites (tertiary alicyclic amines) is 1. The molecule has 4 aromatic rings. The van der Waals surface area contributed by atoms with Crippen LogP contribution in [0.5, 0.6) is 5.75 Å². The van der Waals surface area contributed by atoms with Crippen LogP contribution in [0.25, 0.3) is 21.8 Å². The molecule has 5 rings (SSSR count). The molecule has 2 aromatic carbocycles. The van der Waals surface area contributed by atoms with Crippen LogP contribution in [0.4, 0.5) is 0 Å². The molecule has 164 valence electrons. The molecule has 0 bridgehead atoms. The predicted molar refractivity (Wildman–Crippen MR) is 129 cm³/mol. The maximum Gasteiger partial charge on any atom is 0.248 e. The van der Waals surface area contributed by atoms with Crippen molar-refractivity contribution in [2.75, 3.05) is 26.2 Å². The number of nitrogens with one attached hydrogen (secondary N) is 1. The SMILES string of the molecule is Cc1ccc(OCCN2CCC(Cc3ccc4ccccc4n3)CC2)c2ccc(=O)[nH]c12. The molecule has 0 atom stereocenters. The Morgan fingerprint density at radius 1 is 1.03 bits per heavy atom. The first-order chi connectivity index (χ1) is 15.7. The number of nitrogens with zero attached hydrogens (tertiary/aromatic N) is 2. The van der Waals surface area contributed by atoms with Gasteiger partial charge in [0, 0.05) is 29.1 Å². The fourth-order valence-corrected chi connectivity index (χ4v) is 4.71. The summed E-state index contributed by atoms with van der Waals surface area (Å²) in [5.74, 6) is 1.53. The van der Waals surface area contributed by atoms with Crippen molar-refractivity contribution in [1.82, 2.24) is 14.9 Å². The van der Waals surface area contributed by atoms with E-state index in [1.54, 1.807) is 6.07 Å². The monoisotopic (exact) mass is 427 g/mol. The van der Waals surface area contributed by atoms with E-state index in [1.165, 1.54) is 23.9 Å². The largest absolute Gasteiger partial charge is 0.492 e. The minimum atomic E-state index is -0.0838. The highest BCUT2D eigenvalue weighted by atomic mass is 16.5. The minimum Gasteiger partial charge on any atom is -0.492 e. The molecule has 32 heavy (non-hydrogen) atoms. The molecular weight excluding hydrogens is 398 g/mol. The molecule has 1 saturated heterocycles. The Balaban J connectivity index is 1.13. The summed E-state index contributed by atoms with van der Waals surface area (Å²) >= 11 is 0. The Kier molecular flexibility index (Phi) is 5.91. The maximum atomic E-state index is 11.7. The smallest absolute Gasteiger partial charge is 0.248 e. The lowest BCUT2D eigenvalue weighted by molar-refractivity contribution is 0.155. The number of piperidine rings is 1. The summed E-state index contributed by atoms with van der Waals surface area (Å²) < 4.78 is 6.11. The van der Waals surface area contributed by atoms with Crippen LogP contribution in [-0.2, 0) is 6.42 Å². The van der Waals surface area contributed by atoms with E-state index in [4.69, 9.17) is 9.72 Å². The quantitative estimate of drug-likeness (QED) is 0.484. The molecule has 0 saturated carbocycles. The van der Waals surface area contributed by atoms with Crippen molar-refractivity contribution in [2.24, 2.45) is 5.92 Å². The number of aryl methyl sites for hydroxylation is 1. The topological polar surface area (TPSA) is 58.2 Å². The number of ether oxygens (including phenoxy) is 1. The van der Waals surface area contributed by atoms with Crippen molar-refractivity contribution < 1.29 is 4.74 Å². The minimum absolute atomic E-state index is 0.0838. The summed E-state index contributed by atoms with van der Waals surface area (Å²) in [5.41, 5.74) is 4.12. The third-order valence-corrected chi connectivity index (χ3v) is 6.59. The number of benzene rings is 2. The highest BCUT2D eigenvalue weighted by Crippen LogP contribution is 2.26. The van der Waals surface area contributed by atoms with Gasteiger partial charge in [-0.15, -0.1) is 0 Å². The van der Waals surface area contributed by atoms with E-state index in [-0.39, 0.29) is 5.56 Å².